The van der Waals surface area contributed by atoms with Crippen molar-refractivity contribution in [1.29, 1.82) is 0 Å². The molecule has 1 aliphatic rings. The zero-order valence-electron chi connectivity index (χ0n) is 20.0. The number of nitrogens with zero attached hydrogens (tertiary/aromatic N) is 7. The normalized spacial score (nSPS) is 14.4. The van der Waals surface area contributed by atoms with Crippen molar-refractivity contribution in [2.24, 2.45) is 0 Å². The van der Waals surface area contributed by atoms with Crippen LogP contribution in [0.2, 0.25) is 0 Å². The molecule has 0 aromatic carbocycles. The first-order chi connectivity index (χ1) is 16.6. The van der Waals surface area contributed by atoms with Gasteiger partial charge >= 0.3 is 17.7 Å². The Hall–Kier alpha value is -4.17. The zero-order chi connectivity index (χ0) is 25.7. The Bertz CT molecular complexity index is 1100. The van der Waals surface area contributed by atoms with Crippen LogP contribution in [0.5, 0.6) is 5.88 Å². The number of methoxy groups -OCH3 is 1. The number of aryl methyl sites for hydroxylation is 1. The molecule has 2 aromatic heterocycles. The second kappa shape index (κ2) is 10.8. The molecule has 1 unspecified atom stereocenters. The molecule has 3 amide bonds. The Balaban J connectivity index is 1.59. The van der Waals surface area contributed by atoms with Crippen molar-refractivity contribution in [3.05, 3.63) is 28.2 Å². The molecule has 0 aliphatic carbocycles. The van der Waals surface area contributed by atoms with Crippen LogP contribution in [-0.2, 0) is 20.9 Å². The molecule has 35 heavy (non-hydrogen) atoms. The van der Waals surface area contributed by atoms with E-state index in [4.69, 9.17) is 9.47 Å². The molecule has 15 heteroatoms. The summed E-state index contributed by atoms with van der Waals surface area (Å²) >= 11 is 0. The summed E-state index contributed by atoms with van der Waals surface area (Å²) in [6, 6.07) is -0.633. The maximum Gasteiger partial charge on any atom is 0.409 e. The summed E-state index contributed by atoms with van der Waals surface area (Å²) in [7, 11) is 1.25. The highest BCUT2D eigenvalue weighted by Crippen LogP contribution is 2.24. The lowest BCUT2D eigenvalue weighted by Gasteiger charge is -2.35. The summed E-state index contributed by atoms with van der Waals surface area (Å²) in [4.78, 5) is 50.9. The highest BCUT2D eigenvalue weighted by Gasteiger charge is 2.29. The van der Waals surface area contributed by atoms with Crippen LogP contribution in [0.1, 0.15) is 25.6 Å². The lowest BCUT2D eigenvalue weighted by atomic mass is 10.2. The van der Waals surface area contributed by atoms with Crippen molar-refractivity contribution in [3.63, 3.8) is 0 Å². The van der Waals surface area contributed by atoms with E-state index in [1.807, 2.05) is 0 Å². The minimum Gasteiger partial charge on any atom is -0.475 e. The predicted octanol–water partition coefficient (Wildman–Crippen LogP) is 0.805. The van der Waals surface area contributed by atoms with Crippen molar-refractivity contribution in [2.75, 3.05) is 45.2 Å². The van der Waals surface area contributed by atoms with E-state index in [1.54, 1.807) is 36.8 Å². The van der Waals surface area contributed by atoms with Gasteiger partial charge in [-0.15, -0.1) is 5.10 Å². The molecule has 0 saturated carbocycles. The minimum atomic E-state index is -0.649. The van der Waals surface area contributed by atoms with Crippen LogP contribution in [0.25, 0.3) is 0 Å². The number of ether oxygens (including phenoxy) is 2. The quantitative estimate of drug-likeness (QED) is 0.414. The molecule has 1 fully saturated rings. The molecule has 1 aliphatic heterocycles. The minimum absolute atomic E-state index is 0.162. The molecule has 0 bridgehead atoms. The second-order valence-corrected chi connectivity index (χ2v) is 7.82. The van der Waals surface area contributed by atoms with E-state index in [0.717, 1.165) is 10.9 Å². The third-order valence-electron chi connectivity index (χ3n) is 5.47. The lowest BCUT2D eigenvalue weighted by molar-refractivity contribution is -0.385. The number of rotatable bonds is 8. The van der Waals surface area contributed by atoms with Crippen molar-refractivity contribution in [3.8, 4) is 5.88 Å². The molecule has 1 saturated heterocycles. The molecule has 2 aromatic rings. The number of piperazine rings is 1. The second-order valence-electron chi connectivity index (χ2n) is 7.82. The smallest absolute Gasteiger partial charge is 0.409 e. The Labute approximate surface area is 200 Å². The van der Waals surface area contributed by atoms with E-state index in [9.17, 15) is 24.5 Å². The first-order valence-electron chi connectivity index (χ1n) is 11.0. The van der Waals surface area contributed by atoms with Gasteiger partial charge in [-0.3, -0.25) is 29.1 Å². The van der Waals surface area contributed by atoms with Gasteiger partial charge in [0.05, 0.1) is 30.0 Å². The SMILES string of the molecule is CCOC(=O)N1CCN(C(=O)C(C)n2cc(NC(=O)Cn3cc([N+](=O)[O-])c(OC)n3)c(C)n2)CC1. The Morgan fingerprint density at radius 2 is 1.83 bits per heavy atom. The number of hydrogen-bond donors (Lipinski definition) is 1. The van der Waals surface area contributed by atoms with Gasteiger partial charge in [-0.05, 0) is 20.8 Å². The summed E-state index contributed by atoms with van der Waals surface area (Å²) in [5, 5.41) is 21.9. The fraction of sp³-hybridized carbons (Fsp3) is 0.550. The predicted molar refractivity (Wildman–Crippen MR) is 121 cm³/mol. The monoisotopic (exact) mass is 492 g/mol. The average Bonchev–Trinajstić information content (AvgIpc) is 3.41. The molecular weight excluding hydrogens is 464 g/mol. The van der Waals surface area contributed by atoms with Crippen molar-refractivity contribution >= 4 is 29.3 Å². The molecule has 0 radical (unpaired) electrons. The average molecular weight is 492 g/mol. The molecule has 3 heterocycles. The molecule has 190 valence electrons. The molecular formula is C20H28N8O7. The Morgan fingerprint density at radius 3 is 2.40 bits per heavy atom. The molecule has 15 nitrogen and oxygen atoms in total. The fourth-order valence-corrected chi connectivity index (χ4v) is 3.59. The summed E-state index contributed by atoms with van der Waals surface area (Å²) in [5.74, 6) is -0.839. The van der Waals surface area contributed by atoms with Gasteiger partial charge < -0.3 is 24.6 Å². The van der Waals surface area contributed by atoms with E-state index < -0.39 is 16.9 Å². The lowest BCUT2D eigenvalue weighted by Crippen LogP contribution is -2.52. The molecule has 0 spiro atoms. The van der Waals surface area contributed by atoms with Gasteiger partial charge in [0.25, 0.3) is 0 Å². The highest BCUT2D eigenvalue weighted by atomic mass is 16.6. The van der Waals surface area contributed by atoms with E-state index >= 15 is 0 Å². The van der Waals surface area contributed by atoms with E-state index in [2.05, 4.69) is 15.5 Å². The number of carbonyl (C=O) groups excluding carboxylic acids is 3. The molecule has 1 N–H and O–H groups in total. The molecule has 3 rings (SSSR count). The Morgan fingerprint density at radius 1 is 1.17 bits per heavy atom. The third-order valence-corrected chi connectivity index (χ3v) is 5.47. The van der Waals surface area contributed by atoms with Crippen LogP contribution >= 0.6 is 0 Å². The van der Waals surface area contributed by atoms with E-state index in [0.29, 0.717) is 44.2 Å². The number of hydrogen-bond acceptors (Lipinski definition) is 9. The van der Waals surface area contributed by atoms with Gasteiger partial charge in [-0.2, -0.15) is 5.10 Å². The third kappa shape index (κ3) is 5.85. The standard InChI is InChI=1S/C20H28N8O7/c1-5-35-20(31)25-8-6-24(7-9-25)19(30)14(3)27-10-15(13(2)22-27)21-17(29)12-26-11-16(28(32)33)18(23-26)34-4/h10-11,14H,5-9,12H2,1-4H3,(H,21,29). The summed E-state index contributed by atoms with van der Waals surface area (Å²) in [6.45, 7) is 6.66. The maximum absolute atomic E-state index is 13.0. The first kappa shape index (κ1) is 25.5. The van der Waals surface area contributed by atoms with Crippen molar-refractivity contribution in [1.82, 2.24) is 29.4 Å². The maximum atomic E-state index is 13.0. The van der Waals surface area contributed by atoms with Crippen LogP contribution in [0, 0.1) is 17.0 Å². The van der Waals surface area contributed by atoms with Gasteiger partial charge in [0.1, 0.15) is 18.8 Å². The molecule has 1 atom stereocenters. The zero-order valence-corrected chi connectivity index (χ0v) is 20.0. The van der Waals surface area contributed by atoms with Gasteiger partial charge in [0.15, 0.2) is 0 Å². The number of anilines is 1. The van der Waals surface area contributed by atoms with Gasteiger partial charge in [0, 0.05) is 32.4 Å². The van der Waals surface area contributed by atoms with Crippen LogP contribution in [0.15, 0.2) is 12.4 Å². The van der Waals surface area contributed by atoms with E-state index in [1.165, 1.54) is 11.8 Å². The summed E-state index contributed by atoms with van der Waals surface area (Å²) in [6.07, 6.45) is 2.27. The van der Waals surface area contributed by atoms with Crippen molar-refractivity contribution < 1.29 is 28.8 Å². The fourth-order valence-electron chi connectivity index (χ4n) is 3.59. The first-order valence-corrected chi connectivity index (χ1v) is 11.0. The Kier molecular flexibility index (Phi) is 7.88. The summed E-state index contributed by atoms with van der Waals surface area (Å²) < 4.78 is 12.4. The number of amides is 3. The number of carbonyl (C=O) groups is 3. The number of nitrogens with one attached hydrogen (secondary N) is 1. The number of aromatic nitrogens is 4. The van der Waals surface area contributed by atoms with Gasteiger partial charge in [-0.1, -0.05) is 0 Å². The van der Waals surface area contributed by atoms with Crippen LogP contribution in [0.3, 0.4) is 0 Å². The van der Waals surface area contributed by atoms with Crippen LogP contribution < -0.4 is 10.1 Å². The van der Waals surface area contributed by atoms with Gasteiger partial charge in [-0.25, -0.2) is 4.79 Å². The number of nitro groups is 1. The van der Waals surface area contributed by atoms with Crippen LogP contribution in [0.4, 0.5) is 16.2 Å². The topological polar surface area (TPSA) is 167 Å². The van der Waals surface area contributed by atoms with Crippen molar-refractivity contribution in [2.45, 2.75) is 33.4 Å². The van der Waals surface area contributed by atoms with Gasteiger partial charge in [0.2, 0.25) is 11.8 Å². The van der Waals surface area contributed by atoms with Crippen LogP contribution in [-0.4, -0.2) is 92.1 Å². The van der Waals surface area contributed by atoms with E-state index in [-0.39, 0.29) is 30.1 Å². The highest BCUT2D eigenvalue weighted by molar-refractivity contribution is 5.91. The summed E-state index contributed by atoms with van der Waals surface area (Å²) in [5.41, 5.74) is 0.546. The largest absolute Gasteiger partial charge is 0.475 e.